The molecule has 0 aliphatic rings. The van der Waals surface area contributed by atoms with E-state index in [1.807, 2.05) is 25.1 Å². The highest BCUT2D eigenvalue weighted by molar-refractivity contribution is 6.30. The zero-order valence-electron chi connectivity index (χ0n) is 17.4. The van der Waals surface area contributed by atoms with Gasteiger partial charge in [0, 0.05) is 10.7 Å². The Kier molecular flexibility index (Phi) is 7.27. The number of amides is 1. The highest BCUT2D eigenvalue weighted by Crippen LogP contribution is 2.30. The standard InChI is InChI=1S/C25H19ClN2O4/c1-16-3-6-18(7-4-16)25(30)32-22-12-5-17(14-23(22)31-2)13-19(15-27)24(29)28-21-10-8-20(26)9-11-21/h3-14H,1-2H3,(H,28,29)/b19-13+. The number of carbonyl (C=O) groups excluding carboxylic acids is 2. The summed E-state index contributed by atoms with van der Waals surface area (Å²) in [6.45, 7) is 1.93. The fourth-order valence-corrected chi connectivity index (χ4v) is 2.88. The van der Waals surface area contributed by atoms with Gasteiger partial charge in [0.05, 0.1) is 12.7 Å². The number of rotatable bonds is 6. The van der Waals surface area contributed by atoms with Crippen molar-refractivity contribution in [3.8, 4) is 17.6 Å². The van der Waals surface area contributed by atoms with E-state index in [0.29, 0.717) is 21.8 Å². The number of nitrogens with one attached hydrogen (secondary N) is 1. The maximum absolute atomic E-state index is 12.4. The number of esters is 1. The minimum absolute atomic E-state index is 0.105. The summed E-state index contributed by atoms with van der Waals surface area (Å²) >= 11 is 5.84. The molecule has 3 rings (SSSR count). The Morgan fingerprint density at radius 3 is 2.31 bits per heavy atom. The first-order chi connectivity index (χ1) is 15.4. The second-order valence-electron chi connectivity index (χ2n) is 6.80. The van der Waals surface area contributed by atoms with E-state index in [1.54, 1.807) is 54.6 Å². The highest BCUT2D eigenvalue weighted by Gasteiger charge is 2.14. The minimum Gasteiger partial charge on any atom is -0.493 e. The molecule has 0 saturated heterocycles. The first-order valence-electron chi connectivity index (χ1n) is 9.55. The number of benzene rings is 3. The summed E-state index contributed by atoms with van der Waals surface area (Å²) in [5.74, 6) is -0.579. The van der Waals surface area contributed by atoms with Crippen LogP contribution in [0.3, 0.4) is 0 Å². The maximum atomic E-state index is 12.4. The Bertz CT molecular complexity index is 1210. The first-order valence-corrected chi connectivity index (χ1v) is 9.93. The van der Waals surface area contributed by atoms with Crippen LogP contribution in [0.2, 0.25) is 5.02 Å². The number of aryl methyl sites for hydroxylation is 1. The maximum Gasteiger partial charge on any atom is 0.343 e. The predicted octanol–water partition coefficient (Wildman–Crippen LogP) is 5.42. The molecule has 0 aliphatic heterocycles. The molecular weight excluding hydrogens is 428 g/mol. The highest BCUT2D eigenvalue weighted by atomic mass is 35.5. The van der Waals surface area contributed by atoms with Gasteiger partial charge in [0.1, 0.15) is 11.6 Å². The Balaban J connectivity index is 1.78. The molecule has 160 valence electrons. The number of nitriles is 1. The predicted molar refractivity (Wildman–Crippen MR) is 123 cm³/mol. The third kappa shape index (κ3) is 5.75. The molecule has 6 nitrogen and oxygen atoms in total. The molecule has 3 aromatic carbocycles. The van der Waals surface area contributed by atoms with Gasteiger partial charge in [-0.15, -0.1) is 0 Å². The van der Waals surface area contributed by atoms with E-state index in [2.05, 4.69) is 5.32 Å². The lowest BCUT2D eigenvalue weighted by Gasteiger charge is -2.10. The summed E-state index contributed by atoms with van der Waals surface area (Å²) in [4.78, 5) is 24.8. The van der Waals surface area contributed by atoms with Crippen molar-refractivity contribution in [2.24, 2.45) is 0 Å². The molecule has 1 amide bonds. The van der Waals surface area contributed by atoms with Crippen LogP contribution in [0.1, 0.15) is 21.5 Å². The number of hydrogen-bond donors (Lipinski definition) is 1. The van der Waals surface area contributed by atoms with Crippen molar-refractivity contribution < 1.29 is 19.1 Å². The lowest BCUT2D eigenvalue weighted by molar-refractivity contribution is -0.112. The van der Waals surface area contributed by atoms with E-state index in [9.17, 15) is 14.9 Å². The molecule has 0 aliphatic carbocycles. The molecule has 0 heterocycles. The van der Waals surface area contributed by atoms with Gasteiger partial charge in [-0.3, -0.25) is 4.79 Å². The molecule has 1 N–H and O–H groups in total. The summed E-state index contributed by atoms with van der Waals surface area (Å²) in [5, 5.41) is 12.6. The fourth-order valence-electron chi connectivity index (χ4n) is 2.75. The number of methoxy groups -OCH3 is 1. The van der Waals surface area contributed by atoms with E-state index < -0.39 is 11.9 Å². The SMILES string of the molecule is COc1cc(/C=C(\C#N)C(=O)Nc2ccc(Cl)cc2)ccc1OC(=O)c1ccc(C)cc1. The van der Waals surface area contributed by atoms with Crippen LogP contribution < -0.4 is 14.8 Å². The van der Waals surface area contributed by atoms with Crippen LogP contribution in [0.5, 0.6) is 11.5 Å². The van der Waals surface area contributed by atoms with E-state index in [1.165, 1.54) is 13.2 Å². The largest absolute Gasteiger partial charge is 0.493 e. The van der Waals surface area contributed by atoms with Crippen LogP contribution in [0.25, 0.3) is 6.08 Å². The Morgan fingerprint density at radius 2 is 1.69 bits per heavy atom. The lowest BCUT2D eigenvalue weighted by atomic mass is 10.1. The quantitative estimate of drug-likeness (QED) is 0.236. The molecule has 0 fully saturated rings. The van der Waals surface area contributed by atoms with Crippen LogP contribution in [0.15, 0.2) is 72.3 Å². The third-order valence-corrected chi connectivity index (χ3v) is 4.71. The zero-order chi connectivity index (χ0) is 23.1. The smallest absolute Gasteiger partial charge is 0.343 e. The van der Waals surface area contributed by atoms with Crippen LogP contribution in [0.4, 0.5) is 5.69 Å². The van der Waals surface area contributed by atoms with Crippen LogP contribution in [-0.2, 0) is 4.79 Å². The number of nitrogens with zero attached hydrogens (tertiary/aromatic N) is 1. The van der Waals surface area contributed by atoms with Crippen molar-refractivity contribution in [1.82, 2.24) is 0 Å². The summed E-state index contributed by atoms with van der Waals surface area (Å²) in [6.07, 6.45) is 1.42. The second-order valence-corrected chi connectivity index (χ2v) is 7.23. The van der Waals surface area contributed by atoms with Crippen LogP contribution in [-0.4, -0.2) is 19.0 Å². The van der Waals surface area contributed by atoms with E-state index in [-0.39, 0.29) is 17.1 Å². The topological polar surface area (TPSA) is 88.4 Å². The molecule has 0 unspecified atom stereocenters. The summed E-state index contributed by atoms with van der Waals surface area (Å²) in [7, 11) is 1.44. The van der Waals surface area contributed by atoms with Gasteiger partial charge >= 0.3 is 5.97 Å². The lowest BCUT2D eigenvalue weighted by Crippen LogP contribution is -2.13. The Morgan fingerprint density at radius 1 is 1.00 bits per heavy atom. The third-order valence-electron chi connectivity index (χ3n) is 4.46. The van der Waals surface area contributed by atoms with Gasteiger partial charge in [0.25, 0.3) is 5.91 Å². The summed E-state index contributed by atoms with van der Waals surface area (Å²) in [5.41, 5.74) is 2.37. The zero-order valence-corrected chi connectivity index (χ0v) is 18.1. The van der Waals surface area contributed by atoms with Crippen molar-refractivity contribution >= 4 is 35.2 Å². The monoisotopic (exact) mass is 446 g/mol. The van der Waals surface area contributed by atoms with Crippen molar-refractivity contribution in [1.29, 1.82) is 5.26 Å². The van der Waals surface area contributed by atoms with Crippen molar-refractivity contribution in [2.75, 3.05) is 12.4 Å². The van der Waals surface area contributed by atoms with Gasteiger partial charge in [-0.25, -0.2) is 4.79 Å². The molecule has 0 aromatic heterocycles. The molecule has 0 radical (unpaired) electrons. The fraction of sp³-hybridized carbons (Fsp3) is 0.0800. The van der Waals surface area contributed by atoms with Gasteiger partial charge in [-0.1, -0.05) is 35.4 Å². The van der Waals surface area contributed by atoms with Gasteiger partial charge < -0.3 is 14.8 Å². The number of carbonyl (C=O) groups is 2. The van der Waals surface area contributed by atoms with Gasteiger partial charge in [-0.05, 0) is 67.1 Å². The van der Waals surface area contributed by atoms with E-state index in [0.717, 1.165) is 5.56 Å². The number of anilines is 1. The number of halogens is 1. The van der Waals surface area contributed by atoms with Crippen molar-refractivity contribution in [3.63, 3.8) is 0 Å². The molecule has 7 heteroatoms. The van der Waals surface area contributed by atoms with Crippen molar-refractivity contribution in [3.05, 3.63) is 94.0 Å². The van der Waals surface area contributed by atoms with Crippen LogP contribution >= 0.6 is 11.6 Å². The molecule has 0 saturated carbocycles. The Labute approximate surface area is 190 Å². The summed E-state index contributed by atoms with van der Waals surface area (Å²) in [6, 6.07) is 20.2. The molecule has 32 heavy (non-hydrogen) atoms. The van der Waals surface area contributed by atoms with Gasteiger partial charge in [0.15, 0.2) is 11.5 Å². The molecule has 3 aromatic rings. The molecule has 0 spiro atoms. The molecular formula is C25H19ClN2O4. The van der Waals surface area contributed by atoms with Crippen molar-refractivity contribution in [2.45, 2.75) is 6.92 Å². The molecule has 0 atom stereocenters. The van der Waals surface area contributed by atoms with E-state index >= 15 is 0 Å². The van der Waals surface area contributed by atoms with Gasteiger partial charge in [-0.2, -0.15) is 5.26 Å². The van der Waals surface area contributed by atoms with E-state index in [4.69, 9.17) is 21.1 Å². The first kappa shape index (κ1) is 22.6. The average Bonchev–Trinajstić information content (AvgIpc) is 2.80. The average molecular weight is 447 g/mol. The molecule has 0 bridgehead atoms. The van der Waals surface area contributed by atoms with Gasteiger partial charge in [0.2, 0.25) is 0 Å². The number of hydrogen-bond acceptors (Lipinski definition) is 5. The Hall–Kier alpha value is -4.08. The minimum atomic E-state index is -0.566. The second kappa shape index (κ2) is 10.3. The number of ether oxygens (including phenoxy) is 2. The summed E-state index contributed by atoms with van der Waals surface area (Å²) < 4.78 is 10.8. The normalized spacial score (nSPS) is 10.8. The van der Waals surface area contributed by atoms with Crippen LogP contribution in [0, 0.1) is 18.3 Å².